The van der Waals surface area contributed by atoms with E-state index >= 15 is 0 Å². The molecule has 0 aliphatic heterocycles. The molecule has 0 aromatic carbocycles. The summed E-state index contributed by atoms with van der Waals surface area (Å²) in [4.78, 5) is 20.0. The minimum Gasteiger partial charge on any atom is -0.324 e. The van der Waals surface area contributed by atoms with Crippen LogP contribution >= 0.6 is 41.6 Å². The van der Waals surface area contributed by atoms with Crippen molar-refractivity contribution in [3.8, 4) is 20.2 Å². The lowest BCUT2D eigenvalue weighted by molar-refractivity contribution is 0.375. The van der Waals surface area contributed by atoms with E-state index in [1.54, 1.807) is 11.3 Å². The summed E-state index contributed by atoms with van der Waals surface area (Å²) in [6.45, 7) is 1.45. The highest BCUT2D eigenvalue weighted by atomic mass is 32.1. The third-order valence-electron chi connectivity index (χ3n) is 2.61. The lowest BCUT2D eigenvalue weighted by Crippen LogP contribution is -1.76. The zero-order valence-corrected chi connectivity index (χ0v) is 14.6. The fourth-order valence-corrected chi connectivity index (χ4v) is 4.15. The van der Waals surface area contributed by atoms with E-state index in [9.17, 15) is 4.57 Å². The van der Waals surface area contributed by atoms with Crippen LogP contribution in [0.15, 0.2) is 46.5 Å². The molecule has 3 nitrogen and oxygen atoms in total. The standard InChI is InChI=1S/C12H8S3.C2H7O3P/c1-3-10(13-6-1)9-5-8-15-12(9)11-4-2-7-14-11;1-2-6(3,4)5/h1-8H;2H2,1H3,(H2,3,4,5). The van der Waals surface area contributed by atoms with Crippen LogP contribution in [0.2, 0.25) is 0 Å². The first-order valence-corrected chi connectivity index (χ1v) is 10.6. The summed E-state index contributed by atoms with van der Waals surface area (Å²) >= 11 is 5.43. The largest absolute Gasteiger partial charge is 0.325 e. The van der Waals surface area contributed by atoms with Crippen molar-refractivity contribution in [1.29, 1.82) is 0 Å². The van der Waals surface area contributed by atoms with Crippen LogP contribution in [0.25, 0.3) is 20.2 Å². The maximum Gasteiger partial charge on any atom is 0.325 e. The van der Waals surface area contributed by atoms with Crippen LogP contribution in [0.1, 0.15) is 6.92 Å². The topological polar surface area (TPSA) is 57.5 Å². The van der Waals surface area contributed by atoms with Gasteiger partial charge >= 0.3 is 7.60 Å². The molecule has 0 aliphatic rings. The molecule has 0 unspecified atom stereocenters. The molecule has 0 spiro atoms. The number of thiophene rings is 3. The van der Waals surface area contributed by atoms with Gasteiger partial charge in [0.2, 0.25) is 0 Å². The first-order valence-electron chi connectivity index (χ1n) is 6.21. The van der Waals surface area contributed by atoms with Gasteiger partial charge in [-0.15, -0.1) is 34.0 Å². The molecule has 0 fully saturated rings. The summed E-state index contributed by atoms with van der Waals surface area (Å²) in [6.07, 6.45) is -0.0625. The second-order valence-electron chi connectivity index (χ2n) is 4.10. The molecule has 21 heavy (non-hydrogen) atoms. The molecule has 0 radical (unpaired) electrons. The molecule has 112 valence electrons. The molecule has 3 aromatic rings. The minimum absolute atomic E-state index is 0.0625. The Morgan fingerprint density at radius 3 is 2.00 bits per heavy atom. The van der Waals surface area contributed by atoms with Crippen LogP contribution in [0.5, 0.6) is 0 Å². The molecule has 3 heterocycles. The molecule has 0 aliphatic carbocycles. The van der Waals surface area contributed by atoms with Gasteiger partial charge in [0.05, 0.1) is 4.88 Å². The van der Waals surface area contributed by atoms with Gasteiger partial charge in [0, 0.05) is 21.5 Å². The lowest BCUT2D eigenvalue weighted by atomic mass is 10.2. The summed E-state index contributed by atoms with van der Waals surface area (Å²) in [5.41, 5.74) is 1.37. The van der Waals surface area contributed by atoms with Gasteiger partial charge in [-0.3, -0.25) is 4.57 Å². The van der Waals surface area contributed by atoms with Crippen molar-refractivity contribution in [3.63, 3.8) is 0 Å². The first-order chi connectivity index (χ1) is 10.0. The van der Waals surface area contributed by atoms with Gasteiger partial charge in [-0.05, 0) is 34.3 Å². The third-order valence-corrected chi connectivity index (χ3v) is 6.30. The van der Waals surface area contributed by atoms with Crippen LogP contribution in [-0.4, -0.2) is 15.9 Å². The highest BCUT2D eigenvalue weighted by molar-refractivity contribution is 7.51. The molecule has 7 heteroatoms. The Morgan fingerprint density at radius 2 is 1.52 bits per heavy atom. The van der Waals surface area contributed by atoms with Crippen molar-refractivity contribution in [3.05, 3.63) is 46.5 Å². The highest BCUT2D eigenvalue weighted by Crippen LogP contribution is 2.40. The normalized spacial score (nSPS) is 11.0. The van der Waals surface area contributed by atoms with E-state index in [1.807, 2.05) is 22.7 Å². The maximum absolute atomic E-state index is 9.69. The molecule has 2 N–H and O–H groups in total. The van der Waals surface area contributed by atoms with Crippen LogP contribution in [0.4, 0.5) is 0 Å². The molecule has 0 bridgehead atoms. The van der Waals surface area contributed by atoms with Crippen LogP contribution in [0.3, 0.4) is 0 Å². The zero-order valence-electron chi connectivity index (χ0n) is 11.3. The van der Waals surface area contributed by atoms with E-state index < -0.39 is 7.60 Å². The van der Waals surface area contributed by atoms with Gasteiger partial charge in [-0.2, -0.15) is 0 Å². The first kappa shape index (κ1) is 16.6. The number of rotatable bonds is 3. The van der Waals surface area contributed by atoms with E-state index in [0.29, 0.717) is 0 Å². The lowest BCUT2D eigenvalue weighted by Gasteiger charge is -1.97. The molecular weight excluding hydrogens is 343 g/mol. The SMILES string of the molecule is CCP(=O)(O)O.c1csc(-c2ccsc2-c2cccs2)c1. The Labute approximate surface area is 135 Å². The van der Waals surface area contributed by atoms with Gasteiger partial charge in [0.15, 0.2) is 0 Å². The highest BCUT2D eigenvalue weighted by Gasteiger charge is 2.10. The third kappa shape index (κ3) is 4.88. The molecule has 0 amide bonds. The summed E-state index contributed by atoms with van der Waals surface area (Å²) < 4.78 is 9.69. The predicted octanol–water partition coefficient (Wildman–Crippen LogP) is 5.39. The van der Waals surface area contributed by atoms with Crippen molar-refractivity contribution in [1.82, 2.24) is 0 Å². The van der Waals surface area contributed by atoms with Gasteiger partial charge in [-0.25, -0.2) is 0 Å². The Kier molecular flexibility index (Phi) is 5.93. The van der Waals surface area contributed by atoms with Gasteiger partial charge in [-0.1, -0.05) is 19.1 Å². The molecule has 0 atom stereocenters. The summed E-state index contributed by atoms with van der Waals surface area (Å²) in [5, 5.41) is 6.43. The number of hydrogen-bond donors (Lipinski definition) is 2. The molecule has 3 rings (SSSR count). The second-order valence-corrected chi connectivity index (χ2v) is 8.87. The van der Waals surface area contributed by atoms with Crippen molar-refractivity contribution in [2.75, 3.05) is 6.16 Å². The van der Waals surface area contributed by atoms with E-state index in [1.165, 1.54) is 27.1 Å². The van der Waals surface area contributed by atoms with E-state index in [0.717, 1.165) is 0 Å². The van der Waals surface area contributed by atoms with Crippen molar-refractivity contribution >= 4 is 41.6 Å². The Balaban J connectivity index is 0.000000232. The smallest absolute Gasteiger partial charge is 0.324 e. The van der Waals surface area contributed by atoms with E-state index in [-0.39, 0.29) is 6.16 Å². The van der Waals surface area contributed by atoms with Crippen molar-refractivity contribution in [2.24, 2.45) is 0 Å². The fraction of sp³-hybridized carbons (Fsp3) is 0.143. The Bertz CT molecular complexity index is 647. The summed E-state index contributed by atoms with van der Waals surface area (Å²) in [6, 6.07) is 10.8. The Morgan fingerprint density at radius 1 is 0.952 bits per heavy atom. The molecule has 0 saturated carbocycles. The monoisotopic (exact) mass is 358 g/mol. The van der Waals surface area contributed by atoms with Gasteiger partial charge in [0.1, 0.15) is 0 Å². The van der Waals surface area contributed by atoms with Crippen molar-refractivity contribution < 1.29 is 14.4 Å². The van der Waals surface area contributed by atoms with E-state index in [2.05, 4.69) is 46.5 Å². The van der Waals surface area contributed by atoms with E-state index in [4.69, 9.17) is 9.79 Å². The van der Waals surface area contributed by atoms with Crippen LogP contribution < -0.4 is 0 Å². The molecule has 0 saturated heterocycles. The average molecular weight is 358 g/mol. The van der Waals surface area contributed by atoms with Crippen molar-refractivity contribution in [2.45, 2.75) is 6.92 Å². The maximum atomic E-state index is 9.69. The fourth-order valence-electron chi connectivity index (χ4n) is 1.53. The average Bonchev–Trinajstić information content (AvgIpc) is 3.18. The molecule has 3 aromatic heterocycles. The number of hydrogen-bond acceptors (Lipinski definition) is 4. The second kappa shape index (κ2) is 7.49. The van der Waals surface area contributed by atoms with Gasteiger partial charge < -0.3 is 9.79 Å². The minimum atomic E-state index is -3.65. The quantitative estimate of drug-likeness (QED) is 0.617. The van der Waals surface area contributed by atoms with Crippen LogP contribution in [-0.2, 0) is 4.57 Å². The van der Waals surface area contributed by atoms with Crippen LogP contribution in [0, 0.1) is 0 Å². The summed E-state index contributed by atoms with van der Waals surface area (Å²) in [7, 11) is -3.65. The summed E-state index contributed by atoms with van der Waals surface area (Å²) in [5.74, 6) is 0. The zero-order chi connectivity index (χ0) is 15.3. The molecular formula is C14H15O3PS3. The van der Waals surface area contributed by atoms with Gasteiger partial charge in [0.25, 0.3) is 0 Å². The predicted molar refractivity (Wildman–Crippen MR) is 93.5 cm³/mol. The Hall–Kier alpha value is -0.750.